The highest BCUT2D eigenvalue weighted by Crippen LogP contribution is 2.30. The molecular formula is C31H35N3O3. The fourth-order valence-electron chi connectivity index (χ4n) is 4.75. The third-order valence-corrected chi connectivity index (χ3v) is 6.79. The molecule has 192 valence electrons. The summed E-state index contributed by atoms with van der Waals surface area (Å²) in [6, 6.07) is 22.1. The molecule has 0 fully saturated rings. The number of benzene rings is 3. The van der Waals surface area contributed by atoms with Crippen LogP contribution in [0.15, 0.2) is 77.6 Å². The molecule has 1 unspecified atom stereocenters. The van der Waals surface area contributed by atoms with E-state index in [4.69, 9.17) is 9.72 Å². The van der Waals surface area contributed by atoms with Gasteiger partial charge in [-0.15, -0.1) is 0 Å². The Morgan fingerprint density at radius 3 is 2.24 bits per heavy atom. The zero-order valence-electron chi connectivity index (χ0n) is 22.5. The third-order valence-electron chi connectivity index (χ3n) is 6.79. The number of ether oxygens (including phenoxy) is 1. The van der Waals surface area contributed by atoms with Gasteiger partial charge in [0.25, 0.3) is 11.5 Å². The summed E-state index contributed by atoms with van der Waals surface area (Å²) >= 11 is 0. The minimum atomic E-state index is -0.429. The summed E-state index contributed by atoms with van der Waals surface area (Å²) in [6.07, 6.45) is 0.583. The first-order chi connectivity index (χ1) is 17.7. The average Bonchev–Trinajstić information content (AvgIpc) is 2.91. The van der Waals surface area contributed by atoms with E-state index in [0.717, 1.165) is 0 Å². The molecule has 4 aromatic rings. The topological polar surface area (TPSA) is 64.4 Å². The van der Waals surface area contributed by atoms with Crippen molar-refractivity contribution in [3.8, 4) is 11.4 Å². The van der Waals surface area contributed by atoms with Gasteiger partial charge < -0.3 is 9.64 Å². The number of amides is 1. The molecule has 6 heteroatoms. The Hall–Kier alpha value is -3.93. The van der Waals surface area contributed by atoms with Crippen LogP contribution in [0.5, 0.6) is 5.75 Å². The number of para-hydroxylation sites is 3. The van der Waals surface area contributed by atoms with E-state index in [0.29, 0.717) is 46.7 Å². The van der Waals surface area contributed by atoms with Gasteiger partial charge in [-0.05, 0) is 60.7 Å². The number of fused-ring (bicyclic) bond motifs is 1. The van der Waals surface area contributed by atoms with Crippen LogP contribution < -0.4 is 10.3 Å². The van der Waals surface area contributed by atoms with Gasteiger partial charge in [-0.2, -0.15) is 0 Å². The quantitative estimate of drug-likeness (QED) is 0.300. The van der Waals surface area contributed by atoms with Crippen LogP contribution in [0.1, 0.15) is 68.8 Å². The zero-order valence-corrected chi connectivity index (χ0v) is 22.5. The molecule has 0 saturated carbocycles. The monoisotopic (exact) mass is 497 g/mol. The van der Waals surface area contributed by atoms with Gasteiger partial charge in [-0.3, -0.25) is 14.2 Å². The van der Waals surface area contributed by atoms with Crippen molar-refractivity contribution in [2.75, 3.05) is 13.7 Å². The molecule has 3 aromatic carbocycles. The summed E-state index contributed by atoms with van der Waals surface area (Å²) in [4.78, 5) is 34.5. The van der Waals surface area contributed by atoms with Gasteiger partial charge in [-0.25, -0.2) is 4.98 Å². The highest BCUT2D eigenvalue weighted by atomic mass is 16.5. The minimum absolute atomic E-state index is 0.00218. The van der Waals surface area contributed by atoms with Crippen LogP contribution in [0, 0.1) is 0 Å². The van der Waals surface area contributed by atoms with Crippen LogP contribution in [-0.2, 0) is 5.41 Å². The van der Waals surface area contributed by atoms with Crippen LogP contribution in [-0.4, -0.2) is 34.0 Å². The molecule has 0 saturated heterocycles. The van der Waals surface area contributed by atoms with Gasteiger partial charge in [0.2, 0.25) is 0 Å². The van der Waals surface area contributed by atoms with Gasteiger partial charge in [0.15, 0.2) is 0 Å². The Morgan fingerprint density at radius 2 is 1.62 bits per heavy atom. The van der Waals surface area contributed by atoms with Gasteiger partial charge in [0, 0.05) is 12.1 Å². The van der Waals surface area contributed by atoms with E-state index >= 15 is 0 Å². The summed E-state index contributed by atoms with van der Waals surface area (Å²) in [7, 11) is 1.58. The number of hydrogen-bond acceptors (Lipinski definition) is 4. The molecule has 0 aliphatic carbocycles. The normalized spacial score (nSPS) is 12.4. The van der Waals surface area contributed by atoms with E-state index in [1.807, 2.05) is 80.6 Å². The molecule has 0 aliphatic rings. The molecule has 37 heavy (non-hydrogen) atoms. The molecule has 6 nitrogen and oxygen atoms in total. The Kier molecular flexibility index (Phi) is 7.48. The summed E-state index contributed by atoms with van der Waals surface area (Å²) < 4.78 is 7.21. The van der Waals surface area contributed by atoms with Crippen molar-refractivity contribution in [3.63, 3.8) is 0 Å². The second kappa shape index (κ2) is 10.6. The number of aromatic nitrogens is 2. The number of rotatable bonds is 7. The molecular weight excluding hydrogens is 462 g/mol. The summed E-state index contributed by atoms with van der Waals surface area (Å²) in [6.45, 7) is 10.9. The Balaban J connectivity index is 1.89. The SMILES string of the molecule is CCC(c1nc2ccccc2c(=O)n1-c1ccccc1OC)N(CC)C(=O)c1ccc(C(C)(C)C)cc1. The summed E-state index contributed by atoms with van der Waals surface area (Å²) in [5, 5.41) is 0.513. The van der Waals surface area contributed by atoms with Gasteiger partial charge in [-0.1, -0.05) is 64.1 Å². The molecule has 1 amide bonds. The molecule has 1 heterocycles. The smallest absolute Gasteiger partial charge is 0.266 e. The molecule has 0 bridgehead atoms. The number of carbonyl (C=O) groups is 1. The van der Waals surface area contributed by atoms with Crippen molar-refractivity contribution < 1.29 is 9.53 Å². The fraction of sp³-hybridized carbons (Fsp3) is 0.323. The number of nitrogens with zero attached hydrogens (tertiary/aromatic N) is 3. The van der Waals surface area contributed by atoms with Crippen molar-refractivity contribution in [2.24, 2.45) is 0 Å². The van der Waals surface area contributed by atoms with Crippen LogP contribution in [0.3, 0.4) is 0 Å². The second-order valence-electron chi connectivity index (χ2n) is 10.1. The maximum absolute atomic E-state index is 13.9. The van der Waals surface area contributed by atoms with E-state index < -0.39 is 6.04 Å². The Labute approximate surface area is 218 Å². The fourth-order valence-corrected chi connectivity index (χ4v) is 4.75. The third kappa shape index (κ3) is 5.01. The van der Waals surface area contributed by atoms with E-state index in [1.54, 1.807) is 22.6 Å². The first-order valence-corrected chi connectivity index (χ1v) is 12.8. The first kappa shape index (κ1) is 26.1. The van der Waals surface area contributed by atoms with Gasteiger partial charge >= 0.3 is 0 Å². The molecule has 0 radical (unpaired) electrons. The maximum atomic E-state index is 13.9. The lowest BCUT2D eigenvalue weighted by Gasteiger charge is -2.32. The van der Waals surface area contributed by atoms with Crippen molar-refractivity contribution in [2.45, 2.75) is 52.5 Å². The number of methoxy groups -OCH3 is 1. The lowest BCUT2D eigenvalue weighted by molar-refractivity contribution is 0.0672. The predicted octanol–water partition coefficient (Wildman–Crippen LogP) is 6.31. The van der Waals surface area contributed by atoms with Crippen molar-refractivity contribution in [1.82, 2.24) is 14.5 Å². The predicted molar refractivity (Wildman–Crippen MR) is 149 cm³/mol. The van der Waals surface area contributed by atoms with E-state index in [1.165, 1.54) is 5.56 Å². The molecule has 1 atom stereocenters. The Bertz CT molecular complexity index is 1470. The van der Waals surface area contributed by atoms with Crippen molar-refractivity contribution in [1.29, 1.82) is 0 Å². The first-order valence-electron chi connectivity index (χ1n) is 12.8. The average molecular weight is 498 g/mol. The molecule has 0 aliphatic heterocycles. The van der Waals surface area contributed by atoms with Crippen LogP contribution in [0.4, 0.5) is 0 Å². The van der Waals surface area contributed by atoms with Crippen molar-refractivity contribution in [3.05, 3.63) is 100 Å². The molecule has 0 N–H and O–H groups in total. The van der Waals surface area contributed by atoms with Gasteiger partial charge in [0.05, 0.1) is 29.7 Å². The van der Waals surface area contributed by atoms with Crippen LogP contribution in [0.2, 0.25) is 0 Å². The lowest BCUT2D eigenvalue weighted by Crippen LogP contribution is -2.38. The zero-order chi connectivity index (χ0) is 26.7. The molecule has 4 rings (SSSR count). The van der Waals surface area contributed by atoms with E-state index in [-0.39, 0.29) is 16.9 Å². The number of carbonyl (C=O) groups excluding carboxylic acids is 1. The van der Waals surface area contributed by atoms with E-state index in [2.05, 4.69) is 20.8 Å². The summed E-state index contributed by atoms with van der Waals surface area (Å²) in [5.41, 5.74) is 2.78. The standard InChI is InChI=1S/C31H35N3O3/c1-7-25(33(8-2)29(35)21-17-19-22(20-18-21)31(3,4)5)28-32-24-14-10-9-13-23(24)30(36)34(28)26-15-11-12-16-27(26)37-6/h9-20,25H,7-8H2,1-6H3. The largest absolute Gasteiger partial charge is 0.495 e. The second-order valence-corrected chi connectivity index (χ2v) is 10.1. The van der Waals surface area contributed by atoms with Crippen LogP contribution in [0.25, 0.3) is 16.6 Å². The lowest BCUT2D eigenvalue weighted by atomic mass is 9.86. The van der Waals surface area contributed by atoms with Crippen molar-refractivity contribution >= 4 is 16.8 Å². The minimum Gasteiger partial charge on any atom is -0.495 e. The molecule has 0 spiro atoms. The van der Waals surface area contributed by atoms with E-state index in [9.17, 15) is 9.59 Å². The van der Waals surface area contributed by atoms with Crippen LogP contribution >= 0.6 is 0 Å². The summed E-state index contributed by atoms with van der Waals surface area (Å²) in [5.74, 6) is 0.978. The Morgan fingerprint density at radius 1 is 0.973 bits per heavy atom. The highest BCUT2D eigenvalue weighted by Gasteiger charge is 2.29. The maximum Gasteiger partial charge on any atom is 0.266 e. The highest BCUT2D eigenvalue weighted by molar-refractivity contribution is 5.94. The number of hydrogen-bond donors (Lipinski definition) is 0. The van der Waals surface area contributed by atoms with Gasteiger partial charge in [0.1, 0.15) is 11.6 Å². The molecule has 1 aromatic heterocycles.